The van der Waals surface area contributed by atoms with Gasteiger partial charge >= 0.3 is 0 Å². The molecule has 3 rings (SSSR count). The Bertz CT molecular complexity index is 421. The summed E-state index contributed by atoms with van der Waals surface area (Å²) in [6.07, 6.45) is 8.79. The van der Waals surface area contributed by atoms with E-state index in [1.54, 1.807) is 0 Å². The van der Waals surface area contributed by atoms with Crippen LogP contribution in [-0.2, 0) is 6.42 Å². The van der Waals surface area contributed by atoms with Gasteiger partial charge < -0.3 is 4.90 Å². The molecular formula is C15H19NO. The van der Waals surface area contributed by atoms with E-state index in [1.165, 1.54) is 43.4 Å². The summed E-state index contributed by atoms with van der Waals surface area (Å²) in [7, 11) is 0. The van der Waals surface area contributed by atoms with Gasteiger partial charge in [-0.25, -0.2) is 0 Å². The van der Waals surface area contributed by atoms with Gasteiger partial charge in [0, 0.05) is 18.2 Å². The zero-order valence-electron chi connectivity index (χ0n) is 10.2. The van der Waals surface area contributed by atoms with Gasteiger partial charge in [-0.2, -0.15) is 0 Å². The van der Waals surface area contributed by atoms with Crippen molar-refractivity contribution in [1.82, 2.24) is 0 Å². The van der Waals surface area contributed by atoms with Crippen LogP contribution in [0.15, 0.2) is 18.2 Å². The third kappa shape index (κ3) is 1.86. The average molecular weight is 229 g/mol. The van der Waals surface area contributed by atoms with E-state index in [9.17, 15) is 4.79 Å². The van der Waals surface area contributed by atoms with E-state index < -0.39 is 0 Å². The molecule has 1 aliphatic heterocycles. The van der Waals surface area contributed by atoms with Crippen molar-refractivity contribution in [3.8, 4) is 0 Å². The Morgan fingerprint density at radius 1 is 1.18 bits per heavy atom. The van der Waals surface area contributed by atoms with Crippen LogP contribution in [0.1, 0.15) is 48.0 Å². The first-order valence-electron chi connectivity index (χ1n) is 6.74. The molecule has 0 radical (unpaired) electrons. The van der Waals surface area contributed by atoms with Crippen LogP contribution >= 0.6 is 0 Å². The Labute approximate surface area is 103 Å². The molecule has 0 atom stereocenters. The molecule has 17 heavy (non-hydrogen) atoms. The van der Waals surface area contributed by atoms with Crippen molar-refractivity contribution in [2.24, 2.45) is 0 Å². The van der Waals surface area contributed by atoms with Crippen molar-refractivity contribution in [3.63, 3.8) is 0 Å². The van der Waals surface area contributed by atoms with E-state index in [4.69, 9.17) is 0 Å². The molecule has 0 unspecified atom stereocenters. The van der Waals surface area contributed by atoms with Crippen molar-refractivity contribution in [1.29, 1.82) is 0 Å². The molecule has 1 saturated carbocycles. The quantitative estimate of drug-likeness (QED) is 0.726. The number of benzene rings is 1. The standard InChI is InChI=1S/C15H19NO/c17-11-13-6-4-5-12-9-10-16(15(12)13)14-7-2-1-3-8-14/h4-6,11,14H,1-3,7-10H2. The number of hydrogen-bond donors (Lipinski definition) is 0. The SMILES string of the molecule is O=Cc1cccc2c1N(C1CCCCC1)CC2. The lowest BCUT2D eigenvalue weighted by molar-refractivity contribution is 0.112. The molecule has 1 aromatic carbocycles. The Morgan fingerprint density at radius 2 is 2.00 bits per heavy atom. The molecule has 0 amide bonds. The summed E-state index contributed by atoms with van der Waals surface area (Å²) >= 11 is 0. The molecule has 1 aromatic rings. The Morgan fingerprint density at radius 3 is 2.76 bits per heavy atom. The van der Waals surface area contributed by atoms with Crippen LogP contribution in [0.3, 0.4) is 0 Å². The van der Waals surface area contributed by atoms with Crippen molar-refractivity contribution in [2.45, 2.75) is 44.6 Å². The highest BCUT2D eigenvalue weighted by Crippen LogP contribution is 2.36. The van der Waals surface area contributed by atoms with E-state index in [2.05, 4.69) is 11.0 Å². The van der Waals surface area contributed by atoms with Crippen molar-refractivity contribution < 1.29 is 4.79 Å². The summed E-state index contributed by atoms with van der Waals surface area (Å²) < 4.78 is 0. The van der Waals surface area contributed by atoms with Crippen molar-refractivity contribution in [3.05, 3.63) is 29.3 Å². The van der Waals surface area contributed by atoms with Crippen LogP contribution in [-0.4, -0.2) is 18.9 Å². The maximum atomic E-state index is 11.2. The molecule has 0 aromatic heterocycles. The topological polar surface area (TPSA) is 20.3 Å². The number of nitrogens with zero attached hydrogens (tertiary/aromatic N) is 1. The second-order valence-corrected chi connectivity index (χ2v) is 5.21. The van der Waals surface area contributed by atoms with Gasteiger partial charge in [0.25, 0.3) is 0 Å². The van der Waals surface area contributed by atoms with Crippen LogP contribution in [0, 0.1) is 0 Å². The first-order valence-corrected chi connectivity index (χ1v) is 6.74. The third-order valence-corrected chi connectivity index (χ3v) is 4.20. The molecule has 1 fully saturated rings. The molecule has 2 nitrogen and oxygen atoms in total. The zero-order chi connectivity index (χ0) is 11.7. The fourth-order valence-corrected chi connectivity index (χ4v) is 3.37. The number of carbonyl (C=O) groups excluding carboxylic acids is 1. The molecular weight excluding hydrogens is 210 g/mol. The van der Waals surface area contributed by atoms with E-state index in [1.807, 2.05) is 12.1 Å². The number of carbonyl (C=O) groups is 1. The van der Waals surface area contributed by atoms with Gasteiger partial charge in [0.1, 0.15) is 0 Å². The van der Waals surface area contributed by atoms with E-state index >= 15 is 0 Å². The number of hydrogen-bond acceptors (Lipinski definition) is 2. The number of rotatable bonds is 2. The molecule has 90 valence electrons. The summed E-state index contributed by atoms with van der Waals surface area (Å²) in [5, 5.41) is 0. The molecule has 2 heteroatoms. The maximum absolute atomic E-state index is 11.2. The summed E-state index contributed by atoms with van der Waals surface area (Å²) in [5.74, 6) is 0. The van der Waals surface area contributed by atoms with Gasteiger partial charge in [-0.1, -0.05) is 31.4 Å². The van der Waals surface area contributed by atoms with Gasteiger partial charge in [-0.3, -0.25) is 4.79 Å². The highest BCUT2D eigenvalue weighted by Gasteiger charge is 2.28. The Hall–Kier alpha value is -1.31. The lowest BCUT2D eigenvalue weighted by Crippen LogP contribution is -2.35. The first kappa shape index (κ1) is 10.8. The van der Waals surface area contributed by atoms with Gasteiger partial charge in [0.2, 0.25) is 0 Å². The first-order chi connectivity index (χ1) is 8.40. The molecule has 1 heterocycles. The van der Waals surface area contributed by atoms with Crippen molar-refractivity contribution >= 4 is 12.0 Å². The minimum Gasteiger partial charge on any atom is -0.367 e. The maximum Gasteiger partial charge on any atom is 0.152 e. The molecule has 1 aliphatic carbocycles. The minimum atomic E-state index is 0.672. The number of para-hydroxylation sites is 1. The van der Waals surface area contributed by atoms with Crippen LogP contribution < -0.4 is 4.90 Å². The number of aldehydes is 1. The molecule has 0 N–H and O–H groups in total. The second kappa shape index (κ2) is 4.52. The van der Waals surface area contributed by atoms with Crippen LogP contribution in [0.2, 0.25) is 0 Å². The second-order valence-electron chi connectivity index (χ2n) is 5.21. The fraction of sp³-hybridized carbons (Fsp3) is 0.533. The predicted molar refractivity (Wildman–Crippen MR) is 69.8 cm³/mol. The van der Waals surface area contributed by atoms with Crippen LogP contribution in [0.4, 0.5) is 5.69 Å². The lowest BCUT2D eigenvalue weighted by Gasteiger charge is -2.33. The van der Waals surface area contributed by atoms with Crippen LogP contribution in [0.5, 0.6) is 0 Å². The third-order valence-electron chi connectivity index (χ3n) is 4.20. The van der Waals surface area contributed by atoms with Gasteiger partial charge in [0.05, 0.1) is 5.69 Å². The fourth-order valence-electron chi connectivity index (χ4n) is 3.37. The highest BCUT2D eigenvalue weighted by molar-refractivity contribution is 5.87. The number of anilines is 1. The van der Waals surface area contributed by atoms with E-state index in [-0.39, 0.29) is 0 Å². The van der Waals surface area contributed by atoms with E-state index in [0.29, 0.717) is 6.04 Å². The minimum absolute atomic E-state index is 0.672. The highest BCUT2D eigenvalue weighted by atomic mass is 16.1. The Kier molecular flexibility index (Phi) is 2.87. The molecule has 0 saturated heterocycles. The largest absolute Gasteiger partial charge is 0.367 e. The van der Waals surface area contributed by atoms with Gasteiger partial charge in [-0.15, -0.1) is 0 Å². The van der Waals surface area contributed by atoms with Gasteiger partial charge in [0.15, 0.2) is 6.29 Å². The molecule has 0 bridgehead atoms. The average Bonchev–Trinajstić information content (AvgIpc) is 2.83. The number of fused-ring (bicyclic) bond motifs is 1. The zero-order valence-corrected chi connectivity index (χ0v) is 10.2. The Balaban J connectivity index is 1.93. The monoisotopic (exact) mass is 229 g/mol. The summed E-state index contributed by atoms with van der Waals surface area (Å²) in [5.41, 5.74) is 3.47. The smallest absolute Gasteiger partial charge is 0.152 e. The predicted octanol–water partition coefficient (Wildman–Crippen LogP) is 3.19. The van der Waals surface area contributed by atoms with Crippen LogP contribution in [0.25, 0.3) is 0 Å². The molecule has 0 spiro atoms. The van der Waals surface area contributed by atoms with Crippen molar-refractivity contribution in [2.75, 3.05) is 11.4 Å². The summed E-state index contributed by atoms with van der Waals surface area (Å²) in [6.45, 7) is 1.10. The normalized spacial score (nSPS) is 20.4. The van der Waals surface area contributed by atoms with Gasteiger partial charge in [-0.05, 0) is 30.9 Å². The summed E-state index contributed by atoms with van der Waals surface area (Å²) in [6, 6.07) is 6.80. The molecule has 2 aliphatic rings. The lowest BCUT2D eigenvalue weighted by atomic mass is 9.94. The van der Waals surface area contributed by atoms with E-state index in [0.717, 1.165) is 24.8 Å². The summed E-state index contributed by atoms with van der Waals surface area (Å²) in [4.78, 5) is 13.7.